The zero-order chi connectivity index (χ0) is 16.4. The van der Waals surface area contributed by atoms with E-state index in [1.807, 2.05) is 19.1 Å². The molecule has 0 saturated carbocycles. The molecule has 0 aliphatic carbocycles. The van der Waals surface area contributed by atoms with Crippen LogP contribution in [0.1, 0.15) is 35.0 Å². The Labute approximate surface area is 133 Å². The van der Waals surface area contributed by atoms with Crippen LogP contribution in [0.15, 0.2) is 24.5 Å². The summed E-state index contributed by atoms with van der Waals surface area (Å²) in [6, 6.07) is 3.84. The third kappa shape index (κ3) is 2.98. The van der Waals surface area contributed by atoms with Gasteiger partial charge in [-0.25, -0.2) is 15.0 Å². The van der Waals surface area contributed by atoms with E-state index < -0.39 is 5.91 Å². The molecule has 4 N–H and O–H groups in total. The molecule has 7 heteroatoms. The van der Waals surface area contributed by atoms with Crippen LogP contribution in [0.4, 0.5) is 11.6 Å². The van der Waals surface area contributed by atoms with Crippen LogP contribution in [0.2, 0.25) is 0 Å². The van der Waals surface area contributed by atoms with Crippen LogP contribution in [-0.2, 0) is 6.42 Å². The predicted octanol–water partition coefficient (Wildman–Crippen LogP) is 2.46. The third-order valence-electron chi connectivity index (χ3n) is 3.49. The van der Waals surface area contributed by atoms with Crippen molar-refractivity contribution in [2.24, 2.45) is 5.73 Å². The Morgan fingerprint density at radius 1 is 1.35 bits per heavy atom. The number of hydrogen-bond acceptors (Lipinski definition) is 5. The minimum atomic E-state index is -0.534. The molecule has 0 unspecified atom stereocenters. The van der Waals surface area contributed by atoms with Gasteiger partial charge in [0.25, 0.3) is 5.91 Å². The second kappa shape index (κ2) is 6.04. The quantitative estimate of drug-likeness (QED) is 0.670. The summed E-state index contributed by atoms with van der Waals surface area (Å²) in [6.45, 7) is 4.05. The van der Waals surface area contributed by atoms with E-state index in [4.69, 9.17) is 5.73 Å². The first-order valence-corrected chi connectivity index (χ1v) is 7.46. The minimum absolute atomic E-state index is 0.329. The molecule has 0 aliphatic heterocycles. The number of hydrogen-bond donors (Lipinski definition) is 3. The summed E-state index contributed by atoms with van der Waals surface area (Å²) >= 11 is 0. The fraction of sp³-hybridized carbons (Fsp3) is 0.250. The summed E-state index contributed by atoms with van der Waals surface area (Å²) in [5.74, 6) is 0.740. The summed E-state index contributed by atoms with van der Waals surface area (Å²) < 4.78 is 0. The number of nitrogens with two attached hydrogens (primary N) is 1. The van der Waals surface area contributed by atoms with Crippen LogP contribution < -0.4 is 11.1 Å². The molecule has 3 rings (SSSR count). The lowest BCUT2D eigenvalue weighted by Gasteiger charge is -2.10. The lowest BCUT2D eigenvalue weighted by Crippen LogP contribution is -2.11. The zero-order valence-corrected chi connectivity index (χ0v) is 13.1. The number of rotatable bonds is 5. The summed E-state index contributed by atoms with van der Waals surface area (Å²) in [5, 5.41) is 3.18. The molecule has 0 spiro atoms. The van der Waals surface area contributed by atoms with Crippen molar-refractivity contribution in [2.75, 3.05) is 5.32 Å². The standard InChI is InChI=1S/C16H18N6O/c1-3-4-11-15(21-12-6-5-9(2)7-18-12)22-13-10(14(17)23)8-19-16(13)20-11/h5-8H,3-4H2,1-2H3,(H2,17,23)(H,19,20)(H,18,21,22). The SMILES string of the molecule is CCCc1nc2[nH]cc(C(N)=O)c2nc1Nc1ccc(C)cn1. The van der Waals surface area contributed by atoms with Gasteiger partial charge in [0, 0.05) is 12.4 Å². The zero-order valence-electron chi connectivity index (χ0n) is 13.1. The second-order valence-electron chi connectivity index (χ2n) is 5.38. The van der Waals surface area contributed by atoms with E-state index in [0.29, 0.717) is 28.4 Å². The number of carbonyl (C=O) groups excluding carboxylic acids is 1. The number of fused-ring (bicyclic) bond motifs is 1. The van der Waals surface area contributed by atoms with Crippen molar-refractivity contribution >= 4 is 28.7 Å². The maximum Gasteiger partial charge on any atom is 0.252 e. The van der Waals surface area contributed by atoms with Crippen LogP contribution in [0, 0.1) is 6.92 Å². The topological polar surface area (TPSA) is 110 Å². The second-order valence-corrected chi connectivity index (χ2v) is 5.38. The number of anilines is 2. The maximum atomic E-state index is 11.5. The highest BCUT2D eigenvalue weighted by Crippen LogP contribution is 2.23. The van der Waals surface area contributed by atoms with Crippen molar-refractivity contribution in [3.63, 3.8) is 0 Å². The number of aromatic amines is 1. The fourth-order valence-electron chi connectivity index (χ4n) is 2.33. The fourth-order valence-corrected chi connectivity index (χ4v) is 2.33. The largest absolute Gasteiger partial charge is 0.365 e. The number of carbonyl (C=O) groups is 1. The van der Waals surface area contributed by atoms with E-state index >= 15 is 0 Å². The maximum absolute atomic E-state index is 11.5. The molecular weight excluding hydrogens is 292 g/mol. The number of pyridine rings is 1. The Morgan fingerprint density at radius 2 is 2.17 bits per heavy atom. The average molecular weight is 310 g/mol. The summed E-state index contributed by atoms with van der Waals surface area (Å²) in [5.41, 5.74) is 8.63. The van der Waals surface area contributed by atoms with E-state index in [1.165, 1.54) is 6.20 Å². The molecule has 0 bridgehead atoms. The van der Waals surface area contributed by atoms with E-state index in [1.54, 1.807) is 6.20 Å². The molecule has 0 radical (unpaired) electrons. The van der Waals surface area contributed by atoms with E-state index in [0.717, 1.165) is 24.1 Å². The Hall–Kier alpha value is -2.96. The van der Waals surface area contributed by atoms with Gasteiger partial charge in [-0.3, -0.25) is 4.79 Å². The van der Waals surface area contributed by atoms with Gasteiger partial charge >= 0.3 is 0 Å². The number of aromatic nitrogens is 4. The smallest absolute Gasteiger partial charge is 0.252 e. The lowest BCUT2D eigenvalue weighted by molar-refractivity contribution is 0.100. The minimum Gasteiger partial charge on any atom is -0.365 e. The molecule has 3 aromatic rings. The highest BCUT2D eigenvalue weighted by molar-refractivity contribution is 6.03. The average Bonchev–Trinajstić information content (AvgIpc) is 2.93. The summed E-state index contributed by atoms with van der Waals surface area (Å²) in [4.78, 5) is 27.9. The van der Waals surface area contributed by atoms with Gasteiger partial charge < -0.3 is 16.0 Å². The normalized spacial score (nSPS) is 10.9. The number of H-pyrrole nitrogens is 1. The molecular formula is C16H18N6O. The Morgan fingerprint density at radius 3 is 2.83 bits per heavy atom. The van der Waals surface area contributed by atoms with Crippen molar-refractivity contribution in [2.45, 2.75) is 26.7 Å². The molecule has 118 valence electrons. The summed E-state index contributed by atoms with van der Waals surface area (Å²) in [6.07, 6.45) is 5.01. The van der Waals surface area contributed by atoms with Crippen LogP contribution >= 0.6 is 0 Å². The van der Waals surface area contributed by atoms with Crippen molar-refractivity contribution in [3.8, 4) is 0 Å². The van der Waals surface area contributed by atoms with Crippen molar-refractivity contribution in [1.82, 2.24) is 19.9 Å². The van der Waals surface area contributed by atoms with Crippen molar-refractivity contribution in [1.29, 1.82) is 0 Å². The first-order chi connectivity index (χ1) is 11.1. The van der Waals surface area contributed by atoms with E-state index in [-0.39, 0.29) is 0 Å². The Balaban J connectivity index is 2.07. The number of amides is 1. The molecule has 0 fully saturated rings. The van der Waals surface area contributed by atoms with Crippen LogP contribution in [0.5, 0.6) is 0 Å². The molecule has 0 saturated heterocycles. The van der Waals surface area contributed by atoms with Gasteiger partial charge in [-0.2, -0.15) is 0 Å². The van der Waals surface area contributed by atoms with E-state index in [2.05, 4.69) is 32.2 Å². The van der Waals surface area contributed by atoms with Crippen molar-refractivity contribution < 1.29 is 4.79 Å². The molecule has 3 aromatic heterocycles. The van der Waals surface area contributed by atoms with Gasteiger partial charge in [-0.15, -0.1) is 0 Å². The number of nitrogens with one attached hydrogen (secondary N) is 2. The van der Waals surface area contributed by atoms with Crippen LogP contribution in [0.3, 0.4) is 0 Å². The first-order valence-electron chi connectivity index (χ1n) is 7.46. The lowest BCUT2D eigenvalue weighted by atomic mass is 10.2. The van der Waals surface area contributed by atoms with E-state index in [9.17, 15) is 4.79 Å². The molecule has 0 atom stereocenters. The molecule has 7 nitrogen and oxygen atoms in total. The first kappa shape index (κ1) is 15.0. The highest BCUT2D eigenvalue weighted by Gasteiger charge is 2.15. The molecule has 23 heavy (non-hydrogen) atoms. The van der Waals surface area contributed by atoms with Gasteiger partial charge in [-0.1, -0.05) is 19.4 Å². The predicted molar refractivity (Wildman–Crippen MR) is 88.7 cm³/mol. The van der Waals surface area contributed by atoms with Crippen LogP contribution in [0.25, 0.3) is 11.2 Å². The van der Waals surface area contributed by atoms with Crippen LogP contribution in [-0.4, -0.2) is 25.8 Å². The molecule has 0 aromatic carbocycles. The Bertz CT molecular complexity index is 853. The van der Waals surface area contributed by atoms with Gasteiger partial charge in [0.05, 0.1) is 11.3 Å². The van der Waals surface area contributed by atoms with Gasteiger partial charge in [-0.05, 0) is 25.0 Å². The monoisotopic (exact) mass is 310 g/mol. The highest BCUT2D eigenvalue weighted by atomic mass is 16.1. The number of aryl methyl sites for hydroxylation is 2. The number of primary amides is 1. The number of nitrogens with zero attached hydrogens (tertiary/aromatic N) is 3. The summed E-state index contributed by atoms with van der Waals surface area (Å²) in [7, 11) is 0. The Kier molecular flexibility index (Phi) is 3.92. The van der Waals surface area contributed by atoms with Gasteiger partial charge in [0.15, 0.2) is 11.5 Å². The third-order valence-corrected chi connectivity index (χ3v) is 3.49. The van der Waals surface area contributed by atoms with Gasteiger partial charge in [0.1, 0.15) is 11.3 Å². The molecule has 3 heterocycles. The van der Waals surface area contributed by atoms with Crippen molar-refractivity contribution in [3.05, 3.63) is 41.3 Å². The molecule has 0 aliphatic rings. The van der Waals surface area contributed by atoms with Gasteiger partial charge in [0.2, 0.25) is 0 Å². The molecule has 1 amide bonds.